The summed E-state index contributed by atoms with van der Waals surface area (Å²) in [7, 11) is -3.76. The van der Waals surface area contributed by atoms with Crippen molar-refractivity contribution in [1.29, 1.82) is 0 Å². The van der Waals surface area contributed by atoms with Crippen molar-refractivity contribution in [2.75, 3.05) is 5.01 Å². The Morgan fingerprint density at radius 1 is 1.03 bits per heavy atom. The van der Waals surface area contributed by atoms with Crippen molar-refractivity contribution in [3.05, 3.63) is 59.7 Å². The molecule has 0 aliphatic carbocycles. The summed E-state index contributed by atoms with van der Waals surface area (Å²) >= 11 is 0. The molecular weight excluding hydrogens is 432 g/mol. The van der Waals surface area contributed by atoms with Crippen molar-refractivity contribution in [2.24, 2.45) is 0 Å². The van der Waals surface area contributed by atoms with E-state index in [1.165, 1.54) is 18.2 Å². The van der Waals surface area contributed by atoms with Gasteiger partial charge in [0.25, 0.3) is 5.91 Å². The first-order valence-electron chi connectivity index (χ1n) is 10.1. The summed E-state index contributed by atoms with van der Waals surface area (Å²) in [5.74, 6) is -0.883. The van der Waals surface area contributed by atoms with E-state index in [2.05, 4.69) is 15.5 Å². The van der Waals surface area contributed by atoms with Gasteiger partial charge in [-0.15, -0.1) is 0 Å². The maximum absolute atomic E-state index is 12.7. The van der Waals surface area contributed by atoms with E-state index >= 15 is 0 Å². The predicted molar refractivity (Wildman–Crippen MR) is 119 cm³/mol. The van der Waals surface area contributed by atoms with Crippen molar-refractivity contribution < 1.29 is 22.8 Å². The number of carbonyl (C=O) groups is 3. The molecule has 32 heavy (non-hydrogen) atoms. The van der Waals surface area contributed by atoms with Crippen molar-refractivity contribution in [1.82, 2.24) is 15.5 Å². The summed E-state index contributed by atoms with van der Waals surface area (Å²) in [6, 6.07) is 12.6. The van der Waals surface area contributed by atoms with E-state index in [0.29, 0.717) is 16.8 Å². The third kappa shape index (κ3) is 5.71. The molecule has 9 nitrogen and oxygen atoms in total. The summed E-state index contributed by atoms with van der Waals surface area (Å²) in [5, 5.41) is 3.89. The van der Waals surface area contributed by atoms with Gasteiger partial charge < -0.3 is 5.32 Å². The molecule has 0 bridgehead atoms. The van der Waals surface area contributed by atoms with Crippen molar-refractivity contribution >= 4 is 33.4 Å². The molecule has 3 amide bonds. The number of hydrazine groups is 1. The van der Waals surface area contributed by atoms with Crippen molar-refractivity contribution in [3.63, 3.8) is 0 Å². The zero-order chi connectivity index (χ0) is 23.5. The summed E-state index contributed by atoms with van der Waals surface area (Å²) < 4.78 is 28.1. The first-order chi connectivity index (χ1) is 15.0. The van der Waals surface area contributed by atoms with Crippen molar-refractivity contribution in [3.8, 4) is 0 Å². The van der Waals surface area contributed by atoms with Crippen LogP contribution in [0.15, 0.2) is 53.4 Å². The van der Waals surface area contributed by atoms with E-state index in [4.69, 9.17) is 0 Å². The predicted octanol–water partition coefficient (Wildman–Crippen LogP) is 1.85. The largest absolute Gasteiger partial charge is 0.348 e. The molecule has 1 aliphatic heterocycles. The second-order valence-electron chi connectivity index (χ2n) is 8.46. The molecule has 170 valence electrons. The minimum atomic E-state index is -3.76. The molecule has 2 aromatic carbocycles. The fraction of sp³-hybridized carbons (Fsp3) is 0.318. The Morgan fingerprint density at radius 3 is 2.34 bits per heavy atom. The highest BCUT2D eigenvalue weighted by molar-refractivity contribution is 7.89. The lowest BCUT2D eigenvalue weighted by Gasteiger charge is -2.27. The lowest BCUT2D eigenvalue weighted by Crippen LogP contribution is -2.50. The van der Waals surface area contributed by atoms with Crippen LogP contribution < -0.4 is 20.5 Å². The van der Waals surface area contributed by atoms with Gasteiger partial charge >= 0.3 is 0 Å². The van der Waals surface area contributed by atoms with Crippen LogP contribution in [-0.4, -0.2) is 31.7 Å². The second-order valence-corrected chi connectivity index (χ2v) is 10.1. The molecule has 1 fully saturated rings. The number of rotatable bonds is 6. The third-order valence-corrected chi connectivity index (χ3v) is 6.44. The zero-order valence-electron chi connectivity index (χ0n) is 18.1. The fourth-order valence-corrected chi connectivity index (χ4v) is 4.85. The molecule has 2 aromatic rings. The Hall–Kier alpha value is -3.24. The van der Waals surface area contributed by atoms with Gasteiger partial charge in [-0.05, 0) is 56.7 Å². The molecule has 0 saturated carbocycles. The average molecular weight is 459 g/mol. The van der Waals surface area contributed by atoms with Gasteiger partial charge in [0, 0.05) is 30.5 Å². The molecule has 3 N–H and O–H groups in total. The van der Waals surface area contributed by atoms with E-state index in [0.717, 1.165) is 5.01 Å². The molecule has 1 heterocycles. The number of nitrogens with zero attached hydrogens (tertiary/aromatic N) is 1. The minimum absolute atomic E-state index is 0.0163. The summed E-state index contributed by atoms with van der Waals surface area (Å²) in [6.07, 6.45) is 0.277. The molecule has 10 heteroatoms. The van der Waals surface area contributed by atoms with Crippen LogP contribution >= 0.6 is 0 Å². The Morgan fingerprint density at radius 2 is 1.69 bits per heavy atom. The van der Waals surface area contributed by atoms with Gasteiger partial charge in [0.1, 0.15) is 0 Å². The van der Waals surface area contributed by atoms with Crippen LogP contribution in [-0.2, 0) is 26.2 Å². The number of anilines is 1. The average Bonchev–Trinajstić information content (AvgIpc) is 2.72. The molecule has 0 aromatic heterocycles. The maximum atomic E-state index is 12.7. The van der Waals surface area contributed by atoms with Crippen LogP contribution in [0.1, 0.15) is 49.5 Å². The fourth-order valence-electron chi connectivity index (χ4n) is 3.19. The number of amides is 3. The molecule has 0 radical (unpaired) electrons. The summed E-state index contributed by atoms with van der Waals surface area (Å²) in [4.78, 5) is 36.2. The van der Waals surface area contributed by atoms with Crippen LogP contribution in [0.25, 0.3) is 0 Å². The molecule has 1 saturated heterocycles. The highest BCUT2D eigenvalue weighted by Crippen LogP contribution is 2.19. The quantitative estimate of drug-likeness (QED) is 0.609. The van der Waals surface area contributed by atoms with Crippen LogP contribution in [0.3, 0.4) is 0 Å². The number of hydrogen-bond donors (Lipinski definition) is 3. The van der Waals surface area contributed by atoms with Crippen LogP contribution in [0.2, 0.25) is 0 Å². The van der Waals surface area contributed by atoms with Gasteiger partial charge in [0.15, 0.2) is 0 Å². The standard InChI is InChI=1S/C22H26N4O5S/c1-22(2,3)25-32(30,31)18-7-5-4-6-16(18)14-23-21(29)15-8-10-17(11-9-15)26-20(28)13-12-19(27)24-26/h4-11,25H,12-14H2,1-3H3,(H,23,29)(H,24,27). The zero-order valence-corrected chi connectivity index (χ0v) is 19.0. The molecule has 0 atom stereocenters. The van der Waals surface area contributed by atoms with Gasteiger partial charge in [-0.2, -0.15) is 0 Å². The number of hydrogen-bond acceptors (Lipinski definition) is 5. The van der Waals surface area contributed by atoms with E-state index in [1.807, 2.05) is 0 Å². The van der Waals surface area contributed by atoms with E-state index in [9.17, 15) is 22.8 Å². The van der Waals surface area contributed by atoms with Gasteiger partial charge in [-0.25, -0.2) is 18.1 Å². The Labute approximate surface area is 187 Å². The molecular formula is C22H26N4O5S. The number of benzene rings is 2. The summed E-state index contributed by atoms with van der Waals surface area (Å²) in [5.41, 5.74) is 3.08. The third-order valence-electron chi connectivity index (χ3n) is 4.58. The number of nitrogens with one attached hydrogen (secondary N) is 3. The highest BCUT2D eigenvalue weighted by Gasteiger charge is 2.25. The molecule has 0 spiro atoms. The molecule has 3 rings (SSSR count). The first kappa shape index (κ1) is 23.4. The first-order valence-corrected chi connectivity index (χ1v) is 11.6. The van der Waals surface area contributed by atoms with Crippen LogP contribution in [0, 0.1) is 0 Å². The highest BCUT2D eigenvalue weighted by atomic mass is 32.2. The molecule has 1 aliphatic rings. The van der Waals surface area contributed by atoms with Crippen molar-refractivity contribution in [2.45, 2.75) is 50.6 Å². The van der Waals surface area contributed by atoms with E-state index < -0.39 is 21.5 Å². The maximum Gasteiger partial charge on any atom is 0.251 e. The van der Waals surface area contributed by atoms with Gasteiger partial charge in [0.2, 0.25) is 21.8 Å². The van der Waals surface area contributed by atoms with E-state index in [1.54, 1.807) is 51.1 Å². The van der Waals surface area contributed by atoms with Gasteiger partial charge in [-0.3, -0.25) is 19.8 Å². The monoisotopic (exact) mass is 458 g/mol. The van der Waals surface area contributed by atoms with E-state index in [-0.39, 0.29) is 36.1 Å². The lowest BCUT2D eigenvalue weighted by molar-refractivity contribution is -0.130. The normalized spacial score (nSPS) is 14.8. The van der Waals surface area contributed by atoms with Crippen LogP contribution in [0.5, 0.6) is 0 Å². The van der Waals surface area contributed by atoms with Gasteiger partial charge in [-0.1, -0.05) is 18.2 Å². The Kier molecular flexibility index (Phi) is 6.65. The summed E-state index contributed by atoms with van der Waals surface area (Å²) in [6.45, 7) is 5.27. The smallest absolute Gasteiger partial charge is 0.251 e. The second kappa shape index (κ2) is 9.09. The minimum Gasteiger partial charge on any atom is -0.348 e. The number of sulfonamides is 1. The Bertz CT molecular complexity index is 1140. The number of carbonyl (C=O) groups excluding carboxylic acids is 3. The van der Waals surface area contributed by atoms with Gasteiger partial charge in [0.05, 0.1) is 10.6 Å². The lowest BCUT2D eigenvalue weighted by atomic mass is 10.1. The molecule has 0 unspecified atom stereocenters. The SMILES string of the molecule is CC(C)(C)NS(=O)(=O)c1ccccc1CNC(=O)c1ccc(N2NC(=O)CCC2=O)cc1. The Balaban J connectivity index is 1.70. The topological polar surface area (TPSA) is 125 Å². The van der Waals surface area contributed by atoms with Crippen LogP contribution in [0.4, 0.5) is 5.69 Å².